The lowest BCUT2D eigenvalue weighted by Crippen LogP contribution is -2.43. The molecule has 0 bridgehead atoms. The molecule has 1 rings (SSSR count). The molecule has 0 atom stereocenters. The van der Waals surface area contributed by atoms with Gasteiger partial charge in [0.15, 0.2) is 5.69 Å². The number of carbonyl (C=O) groups excluding carboxylic acids is 1. The van der Waals surface area contributed by atoms with Gasteiger partial charge in [-0.25, -0.2) is 4.68 Å². The Bertz CT molecular complexity index is 498. The second kappa shape index (κ2) is 5.88. The third-order valence-electron chi connectivity index (χ3n) is 2.29. The number of rotatable bonds is 5. The summed E-state index contributed by atoms with van der Waals surface area (Å²) in [5, 5.41) is 15.3. The van der Waals surface area contributed by atoms with E-state index >= 15 is 0 Å². The number of hydrogen-bond donors (Lipinski definition) is 1. The Labute approximate surface area is 112 Å². The molecule has 0 saturated heterocycles. The van der Waals surface area contributed by atoms with Crippen molar-refractivity contribution in [3.8, 4) is 0 Å². The number of carbonyl (C=O) groups is 2. The van der Waals surface area contributed by atoms with Crippen LogP contribution in [0.2, 0.25) is 0 Å². The molecule has 0 saturated carbocycles. The Hall–Kier alpha value is -2.13. The largest absolute Gasteiger partial charge is 0.480 e. The van der Waals surface area contributed by atoms with Gasteiger partial charge in [0, 0.05) is 6.04 Å². The number of halogens is 3. The molecule has 0 aliphatic carbocycles. The highest BCUT2D eigenvalue weighted by molar-refractivity contribution is 5.92. The average molecular weight is 294 g/mol. The Morgan fingerprint density at radius 3 is 2.50 bits per heavy atom. The monoisotopic (exact) mass is 294 g/mol. The predicted octanol–water partition coefficient (Wildman–Crippen LogP) is 0.776. The van der Waals surface area contributed by atoms with Gasteiger partial charge in [0.2, 0.25) is 0 Å². The van der Waals surface area contributed by atoms with Gasteiger partial charge >= 0.3 is 12.1 Å². The van der Waals surface area contributed by atoms with E-state index < -0.39 is 37.2 Å². The first-order valence-electron chi connectivity index (χ1n) is 5.60. The lowest BCUT2D eigenvalue weighted by atomic mass is 10.2. The Balaban J connectivity index is 2.89. The van der Waals surface area contributed by atoms with Crippen LogP contribution in [0.5, 0.6) is 0 Å². The minimum absolute atomic E-state index is 0.329. The molecule has 0 fully saturated rings. The standard InChI is InChI=1S/C10H13F3N4O3/c1-6(2)17(5-10(11,12)13)9(20)7-3-16(15-14-7)4-8(18)19/h3,6H,4-5H2,1-2H3,(H,18,19). The number of aliphatic carboxylic acids is 1. The van der Waals surface area contributed by atoms with Crippen molar-refractivity contribution in [2.45, 2.75) is 32.6 Å². The maximum absolute atomic E-state index is 12.4. The van der Waals surface area contributed by atoms with Gasteiger partial charge < -0.3 is 10.0 Å². The zero-order valence-electron chi connectivity index (χ0n) is 10.8. The first kappa shape index (κ1) is 15.9. The van der Waals surface area contributed by atoms with Crippen LogP contribution in [0.4, 0.5) is 13.2 Å². The van der Waals surface area contributed by atoms with Gasteiger partial charge in [-0.2, -0.15) is 13.2 Å². The third kappa shape index (κ3) is 4.52. The molecule has 1 N–H and O–H groups in total. The van der Waals surface area contributed by atoms with E-state index in [2.05, 4.69) is 10.3 Å². The van der Waals surface area contributed by atoms with Gasteiger partial charge in [-0.1, -0.05) is 5.21 Å². The molecule has 112 valence electrons. The van der Waals surface area contributed by atoms with Gasteiger partial charge in [0.1, 0.15) is 13.1 Å². The third-order valence-corrected chi connectivity index (χ3v) is 2.29. The molecule has 0 aliphatic heterocycles. The maximum Gasteiger partial charge on any atom is 0.406 e. The molecule has 1 aromatic rings. The number of hydrogen-bond acceptors (Lipinski definition) is 4. The number of aromatic nitrogens is 3. The molecule has 0 unspecified atom stereocenters. The highest BCUT2D eigenvalue weighted by Crippen LogP contribution is 2.19. The van der Waals surface area contributed by atoms with Crippen LogP contribution in [0.25, 0.3) is 0 Å². The Kier molecular flexibility index (Phi) is 4.69. The summed E-state index contributed by atoms with van der Waals surface area (Å²) in [6.07, 6.45) is -3.53. The smallest absolute Gasteiger partial charge is 0.406 e. The van der Waals surface area contributed by atoms with Crippen molar-refractivity contribution in [1.29, 1.82) is 0 Å². The summed E-state index contributed by atoms with van der Waals surface area (Å²) in [5.41, 5.74) is -0.329. The summed E-state index contributed by atoms with van der Waals surface area (Å²) in [4.78, 5) is 23.0. The first-order chi connectivity index (χ1) is 9.10. The van der Waals surface area contributed by atoms with E-state index in [-0.39, 0.29) is 5.69 Å². The Morgan fingerprint density at radius 2 is 2.05 bits per heavy atom. The van der Waals surface area contributed by atoms with Crippen LogP contribution in [-0.2, 0) is 11.3 Å². The molecule has 1 heterocycles. The molecular weight excluding hydrogens is 281 g/mol. The highest BCUT2D eigenvalue weighted by Gasteiger charge is 2.35. The Morgan fingerprint density at radius 1 is 1.45 bits per heavy atom. The van der Waals surface area contributed by atoms with Crippen LogP contribution in [0, 0.1) is 0 Å². The molecule has 0 aromatic carbocycles. The zero-order chi connectivity index (χ0) is 15.5. The number of alkyl halides is 3. The average Bonchev–Trinajstić information content (AvgIpc) is 2.71. The number of amides is 1. The van der Waals surface area contributed by atoms with Crippen LogP contribution in [0.15, 0.2) is 6.20 Å². The lowest BCUT2D eigenvalue weighted by molar-refractivity contribution is -0.143. The van der Waals surface area contributed by atoms with Crippen LogP contribution in [0.1, 0.15) is 24.3 Å². The summed E-state index contributed by atoms with van der Waals surface area (Å²) in [7, 11) is 0. The minimum atomic E-state index is -4.53. The molecule has 20 heavy (non-hydrogen) atoms. The van der Waals surface area contributed by atoms with E-state index in [1.54, 1.807) is 0 Å². The van der Waals surface area contributed by atoms with E-state index in [0.717, 1.165) is 10.9 Å². The number of nitrogens with zero attached hydrogens (tertiary/aromatic N) is 4. The van der Waals surface area contributed by atoms with Crippen molar-refractivity contribution in [2.75, 3.05) is 6.54 Å². The topological polar surface area (TPSA) is 88.3 Å². The lowest BCUT2D eigenvalue weighted by Gasteiger charge is -2.26. The van der Waals surface area contributed by atoms with Crippen molar-refractivity contribution in [1.82, 2.24) is 19.9 Å². The summed E-state index contributed by atoms with van der Waals surface area (Å²) >= 11 is 0. The fraction of sp³-hybridized carbons (Fsp3) is 0.600. The van der Waals surface area contributed by atoms with Gasteiger partial charge in [-0.05, 0) is 13.8 Å². The molecule has 1 amide bonds. The summed E-state index contributed by atoms with van der Waals surface area (Å²) in [5.74, 6) is -2.15. The van der Waals surface area contributed by atoms with Gasteiger partial charge in [0.25, 0.3) is 5.91 Å². The van der Waals surface area contributed by atoms with E-state index in [1.165, 1.54) is 13.8 Å². The first-order valence-corrected chi connectivity index (χ1v) is 5.60. The fourth-order valence-corrected chi connectivity index (χ4v) is 1.44. The molecule has 10 heteroatoms. The van der Waals surface area contributed by atoms with Crippen molar-refractivity contribution < 1.29 is 27.9 Å². The normalized spacial score (nSPS) is 11.7. The van der Waals surface area contributed by atoms with Crippen molar-refractivity contribution in [2.24, 2.45) is 0 Å². The predicted molar refractivity (Wildman–Crippen MR) is 59.9 cm³/mol. The quantitative estimate of drug-likeness (QED) is 0.866. The van der Waals surface area contributed by atoms with Crippen molar-refractivity contribution in [3.05, 3.63) is 11.9 Å². The SMILES string of the molecule is CC(C)N(CC(F)(F)F)C(=O)c1cn(CC(=O)O)nn1. The second-order valence-electron chi connectivity index (χ2n) is 4.34. The number of carboxylic acid groups (broad SMARTS) is 1. The van der Waals surface area contributed by atoms with E-state index in [1.807, 2.05) is 0 Å². The van der Waals surface area contributed by atoms with Gasteiger partial charge in [-0.3, -0.25) is 9.59 Å². The maximum atomic E-state index is 12.4. The van der Waals surface area contributed by atoms with Crippen molar-refractivity contribution in [3.63, 3.8) is 0 Å². The molecule has 0 radical (unpaired) electrons. The molecule has 0 spiro atoms. The summed E-state index contributed by atoms with van der Waals surface area (Å²) < 4.78 is 38.1. The van der Waals surface area contributed by atoms with E-state index in [4.69, 9.17) is 5.11 Å². The fourth-order valence-electron chi connectivity index (χ4n) is 1.44. The van der Waals surface area contributed by atoms with E-state index in [9.17, 15) is 22.8 Å². The van der Waals surface area contributed by atoms with Gasteiger partial charge in [-0.15, -0.1) is 5.10 Å². The summed E-state index contributed by atoms with van der Waals surface area (Å²) in [6.45, 7) is 0.938. The zero-order valence-corrected chi connectivity index (χ0v) is 10.8. The van der Waals surface area contributed by atoms with Crippen LogP contribution >= 0.6 is 0 Å². The molecular formula is C10H13F3N4O3. The van der Waals surface area contributed by atoms with Crippen molar-refractivity contribution >= 4 is 11.9 Å². The summed E-state index contributed by atoms with van der Waals surface area (Å²) in [6, 6.07) is -0.686. The van der Waals surface area contributed by atoms with Crippen LogP contribution in [0.3, 0.4) is 0 Å². The second-order valence-corrected chi connectivity index (χ2v) is 4.34. The van der Waals surface area contributed by atoms with Gasteiger partial charge in [0.05, 0.1) is 6.20 Å². The molecule has 7 nitrogen and oxygen atoms in total. The molecule has 0 aliphatic rings. The number of carboxylic acids is 1. The molecule has 1 aromatic heterocycles. The highest BCUT2D eigenvalue weighted by atomic mass is 19.4. The van der Waals surface area contributed by atoms with Crippen LogP contribution < -0.4 is 0 Å². The van der Waals surface area contributed by atoms with E-state index in [0.29, 0.717) is 4.90 Å². The van der Waals surface area contributed by atoms with Crippen LogP contribution in [-0.4, -0.2) is 55.6 Å². The minimum Gasteiger partial charge on any atom is -0.480 e.